The molecule has 1 fully saturated rings. The molecule has 0 bridgehead atoms. The highest BCUT2D eigenvalue weighted by Gasteiger charge is 2.25. The fraction of sp³-hybridized carbons (Fsp3) is 0.471. The molecule has 4 rings (SSSR count). The molecule has 0 unspecified atom stereocenters. The maximum atomic E-state index is 6.15. The van der Waals surface area contributed by atoms with Crippen LogP contribution in [0.15, 0.2) is 22.9 Å². The number of likely N-dealkylation sites (tertiary alicyclic amines) is 1. The Hall–Kier alpha value is -1.99. The summed E-state index contributed by atoms with van der Waals surface area (Å²) >= 11 is 1.69. The summed E-state index contributed by atoms with van der Waals surface area (Å²) < 4.78 is 4.88. The fourth-order valence-corrected chi connectivity index (χ4v) is 4.52. The maximum absolute atomic E-state index is 6.15. The van der Waals surface area contributed by atoms with Crippen LogP contribution in [0.2, 0.25) is 0 Å². The molecule has 0 aliphatic carbocycles. The second-order valence-electron chi connectivity index (χ2n) is 6.55. The van der Waals surface area contributed by atoms with Crippen molar-refractivity contribution in [2.45, 2.75) is 51.7 Å². The van der Waals surface area contributed by atoms with Crippen LogP contribution in [0.5, 0.6) is 0 Å². The lowest BCUT2D eigenvalue weighted by atomic mass is 9.97. The van der Waals surface area contributed by atoms with Crippen molar-refractivity contribution in [3.05, 3.63) is 23.3 Å². The first-order valence-electron chi connectivity index (χ1n) is 8.34. The van der Waals surface area contributed by atoms with Crippen molar-refractivity contribution in [2.24, 2.45) is 0 Å². The molecule has 1 saturated heterocycles. The van der Waals surface area contributed by atoms with E-state index in [0.29, 0.717) is 29.4 Å². The van der Waals surface area contributed by atoms with Crippen LogP contribution in [0.1, 0.15) is 38.0 Å². The minimum absolute atomic E-state index is 0.500. The summed E-state index contributed by atoms with van der Waals surface area (Å²) in [6, 6.07) is 5.11. The van der Waals surface area contributed by atoms with E-state index in [0.717, 1.165) is 16.8 Å². The Morgan fingerprint density at radius 1 is 1.29 bits per heavy atom. The molecule has 1 aliphatic rings. The fourth-order valence-electron chi connectivity index (χ4n) is 3.48. The molecule has 126 valence electrons. The zero-order valence-electron chi connectivity index (χ0n) is 13.9. The molecule has 0 radical (unpaired) electrons. The van der Waals surface area contributed by atoms with Gasteiger partial charge in [-0.2, -0.15) is 0 Å². The maximum Gasteiger partial charge on any atom is 0.185 e. The van der Waals surface area contributed by atoms with E-state index in [9.17, 15) is 0 Å². The largest absolute Gasteiger partial charge is 0.383 e. The van der Waals surface area contributed by atoms with E-state index in [1.807, 2.05) is 0 Å². The Bertz CT molecular complexity index is 834. The lowest BCUT2D eigenvalue weighted by Gasteiger charge is -2.38. The van der Waals surface area contributed by atoms with Crippen molar-refractivity contribution in [3.63, 3.8) is 0 Å². The predicted octanol–water partition coefficient (Wildman–Crippen LogP) is 3.69. The van der Waals surface area contributed by atoms with Gasteiger partial charge in [-0.15, -0.1) is 11.3 Å². The Balaban J connectivity index is 1.67. The van der Waals surface area contributed by atoms with Gasteiger partial charge in [-0.1, -0.05) is 11.6 Å². The van der Waals surface area contributed by atoms with E-state index in [2.05, 4.69) is 39.9 Å². The average Bonchev–Trinajstić information content (AvgIpc) is 3.20. The Morgan fingerprint density at radius 3 is 2.79 bits per heavy atom. The van der Waals surface area contributed by atoms with Crippen molar-refractivity contribution in [1.82, 2.24) is 20.0 Å². The number of thiophene rings is 1. The summed E-state index contributed by atoms with van der Waals surface area (Å²) in [5.74, 6) is 1.02. The van der Waals surface area contributed by atoms with E-state index in [1.54, 1.807) is 17.4 Å². The lowest BCUT2D eigenvalue weighted by molar-refractivity contribution is 0.0965. The van der Waals surface area contributed by atoms with E-state index in [-0.39, 0.29) is 0 Å². The third kappa shape index (κ3) is 2.78. The molecule has 2 atom stereocenters. The summed E-state index contributed by atoms with van der Waals surface area (Å²) in [6.45, 7) is 5.59. The Morgan fingerprint density at radius 2 is 2.08 bits per heavy atom. The minimum atomic E-state index is 0.500. The van der Waals surface area contributed by atoms with Crippen LogP contribution in [0.4, 0.5) is 5.82 Å². The lowest BCUT2D eigenvalue weighted by Crippen LogP contribution is -2.42. The van der Waals surface area contributed by atoms with Gasteiger partial charge in [0.15, 0.2) is 11.5 Å². The van der Waals surface area contributed by atoms with Crippen molar-refractivity contribution in [1.29, 1.82) is 0 Å². The first-order valence-corrected chi connectivity index (χ1v) is 9.16. The van der Waals surface area contributed by atoms with E-state index in [1.165, 1.54) is 30.4 Å². The van der Waals surface area contributed by atoms with Gasteiger partial charge in [0, 0.05) is 29.6 Å². The number of nitrogens with zero attached hydrogens (tertiary/aromatic N) is 4. The molecule has 3 aromatic heterocycles. The molecular formula is C17H21N5OS. The first-order chi connectivity index (χ1) is 11.6. The summed E-state index contributed by atoms with van der Waals surface area (Å²) in [6.07, 6.45) is 5.38. The first kappa shape index (κ1) is 15.5. The summed E-state index contributed by atoms with van der Waals surface area (Å²) in [4.78, 5) is 13.8. The van der Waals surface area contributed by atoms with E-state index in [4.69, 9.17) is 10.3 Å². The second-order valence-corrected chi connectivity index (χ2v) is 7.67. The number of rotatable bonds is 3. The van der Waals surface area contributed by atoms with Gasteiger partial charge < -0.3 is 10.3 Å². The van der Waals surface area contributed by atoms with Gasteiger partial charge in [0.2, 0.25) is 0 Å². The number of hydrogen-bond acceptors (Lipinski definition) is 7. The van der Waals surface area contributed by atoms with Crippen LogP contribution in [-0.2, 0) is 6.54 Å². The third-order valence-corrected chi connectivity index (χ3v) is 5.87. The van der Waals surface area contributed by atoms with Crippen molar-refractivity contribution < 1.29 is 4.52 Å². The summed E-state index contributed by atoms with van der Waals surface area (Å²) in [5.41, 5.74) is 6.76. The van der Waals surface area contributed by atoms with Crippen LogP contribution >= 0.6 is 11.3 Å². The highest BCUT2D eigenvalue weighted by Crippen LogP contribution is 2.32. The quantitative estimate of drug-likeness (QED) is 0.781. The number of piperidine rings is 1. The number of aromatic nitrogens is 3. The molecule has 24 heavy (non-hydrogen) atoms. The molecular weight excluding hydrogens is 322 g/mol. The standard InChI is InChI=1S/C17H21N5OS/c1-10-4-3-5-11(2)22(10)9-12-8-13-15(18)19-16(20-17(13)24-12)14-6-7-23-21-14/h6-8,10-11H,3-5,9H2,1-2H3,(H2,18,19,20)/t10-,11+. The van der Waals surface area contributed by atoms with Gasteiger partial charge in [-0.05, 0) is 32.8 Å². The molecule has 6 nitrogen and oxygen atoms in total. The average molecular weight is 343 g/mol. The van der Waals surface area contributed by atoms with Gasteiger partial charge in [-0.25, -0.2) is 9.97 Å². The summed E-state index contributed by atoms with van der Waals surface area (Å²) in [7, 11) is 0. The monoisotopic (exact) mass is 343 g/mol. The zero-order chi connectivity index (χ0) is 16.7. The number of fused-ring (bicyclic) bond motifs is 1. The van der Waals surface area contributed by atoms with Gasteiger partial charge in [0.25, 0.3) is 0 Å². The molecule has 1 aliphatic heterocycles. The van der Waals surface area contributed by atoms with E-state index < -0.39 is 0 Å². The van der Waals surface area contributed by atoms with E-state index >= 15 is 0 Å². The van der Waals surface area contributed by atoms with Gasteiger partial charge in [-0.3, -0.25) is 4.90 Å². The topological polar surface area (TPSA) is 81.1 Å². The highest BCUT2D eigenvalue weighted by atomic mass is 32.1. The Labute approximate surface area is 144 Å². The smallest absolute Gasteiger partial charge is 0.185 e. The van der Waals surface area contributed by atoms with Crippen LogP contribution < -0.4 is 5.73 Å². The third-order valence-electron chi connectivity index (χ3n) is 4.85. The molecule has 7 heteroatoms. The number of nitrogens with two attached hydrogens (primary N) is 1. The van der Waals surface area contributed by atoms with Crippen LogP contribution in [0.25, 0.3) is 21.7 Å². The molecule has 0 amide bonds. The van der Waals surface area contributed by atoms with Gasteiger partial charge >= 0.3 is 0 Å². The molecule has 0 spiro atoms. The normalized spacial score (nSPS) is 22.2. The molecule has 3 aromatic rings. The Kier molecular flexibility index (Phi) is 3.97. The highest BCUT2D eigenvalue weighted by molar-refractivity contribution is 7.18. The molecule has 0 aromatic carbocycles. The summed E-state index contributed by atoms with van der Waals surface area (Å²) in [5, 5.41) is 4.83. The van der Waals surface area contributed by atoms with Gasteiger partial charge in [0.05, 0.1) is 5.39 Å². The minimum Gasteiger partial charge on any atom is -0.383 e. The van der Waals surface area contributed by atoms with Crippen molar-refractivity contribution >= 4 is 27.4 Å². The molecule has 2 N–H and O–H groups in total. The number of nitrogen functional groups attached to an aromatic ring is 1. The van der Waals surface area contributed by atoms with Crippen LogP contribution in [0.3, 0.4) is 0 Å². The van der Waals surface area contributed by atoms with Gasteiger partial charge in [0.1, 0.15) is 16.9 Å². The van der Waals surface area contributed by atoms with Crippen molar-refractivity contribution in [3.8, 4) is 11.5 Å². The predicted molar refractivity (Wildman–Crippen MR) is 95.6 cm³/mol. The second kappa shape index (κ2) is 6.14. The van der Waals surface area contributed by atoms with Crippen LogP contribution in [-0.4, -0.2) is 32.1 Å². The SMILES string of the molecule is C[C@@H]1CCC[C@H](C)N1Cc1cc2c(N)nc(-c3ccon3)nc2s1. The molecule has 4 heterocycles. The number of hydrogen-bond donors (Lipinski definition) is 1. The number of anilines is 1. The molecule has 0 saturated carbocycles. The van der Waals surface area contributed by atoms with Crippen LogP contribution in [0, 0.1) is 0 Å². The zero-order valence-corrected chi connectivity index (χ0v) is 14.7. The van der Waals surface area contributed by atoms with Crippen molar-refractivity contribution in [2.75, 3.05) is 5.73 Å².